The van der Waals surface area contributed by atoms with Gasteiger partial charge < -0.3 is 14.3 Å². The molecule has 4 nitrogen and oxygen atoms in total. The number of carbonyl (C=O) groups is 1. The highest BCUT2D eigenvalue weighted by Crippen LogP contribution is 2.41. The molecule has 0 aromatic rings. The van der Waals surface area contributed by atoms with Crippen LogP contribution in [-0.2, 0) is 14.0 Å². The lowest BCUT2D eigenvalue weighted by molar-refractivity contribution is -0.139. The van der Waals surface area contributed by atoms with Crippen LogP contribution in [0, 0.1) is 23.8 Å². The second-order valence-corrected chi connectivity index (χ2v) is 18.7. The molecule has 6 heteroatoms. The molecule has 0 bridgehead atoms. The Morgan fingerprint density at radius 2 is 1.88 bits per heavy atom. The van der Waals surface area contributed by atoms with Crippen molar-refractivity contribution in [2.24, 2.45) is 0 Å². The number of rotatable bonds is 4. The van der Waals surface area contributed by atoms with Crippen LogP contribution in [-0.4, -0.2) is 51.7 Å². The third-order valence-corrected chi connectivity index (χ3v) is 10.2. The number of ether oxygens (including phenoxy) is 1. The van der Waals surface area contributed by atoms with Gasteiger partial charge in [-0.1, -0.05) is 46.3 Å². The Balaban J connectivity index is 3.13. The predicted molar refractivity (Wildman–Crippen MR) is 106 cm³/mol. The second kappa shape index (κ2) is 7.38. The normalized spacial score (nSPS) is 25.7. The number of hydrogen-bond donors (Lipinski definition) is 1. The molecule has 3 atom stereocenters. The number of aliphatic hydroxyl groups excluding tert-OH is 1. The Morgan fingerprint density at radius 1 is 1.32 bits per heavy atom. The number of ketones is 1. The summed E-state index contributed by atoms with van der Waals surface area (Å²) in [6.07, 6.45) is 4.26. The van der Waals surface area contributed by atoms with Gasteiger partial charge in [-0.25, -0.2) is 0 Å². The van der Waals surface area contributed by atoms with Gasteiger partial charge in [0, 0.05) is 0 Å². The van der Waals surface area contributed by atoms with E-state index in [0.717, 1.165) is 0 Å². The van der Waals surface area contributed by atoms with Crippen molar-refractivity contribution in [3.05, 3.63) is 0 Å². The van der Waals surface area contributed by atoms with Crippen LogP contribution >= 0.6 is 0 Å². The lowest BCUT2D eigenvalue weighted by atomic mass is 9.89. The van der Waals surface area contributed by atoms with Crippen molar-refractivity contribution in [1.82, 2.24) is 0 Å². The minimum absolute atomic E-state index is 0.0114. The first-order chi connectivity index (χ1) is 11.2. The van der Waals surface area contributed by atoms with Gasteiger partial charge in [-0.2, -0.15) is 0 Å². The molecule has 3 unspecified atom stereocenters. The Morgan fingerprint density at radius 3 is 2.32 bits per heavy atom. The molecule has 0 aliphatic carbocycles. The average Bonchev–Trinajstić information content (AvgIpc) is 2.85. The molecule has 1 rings (SSSR count). The van der Waals surface area contributed by atoms with Crippen molar-refractivity contribution < 1.29 is 19.1 Å². The molecule has 0 spiro atoms. The van der Waals surface area contributed by atoms with Crippen molar-refractivity contribution in [3.8, 4) is 23.8 Å². The number of terminal acetylenes is 1. The van der Waals surface area contributed by atoms with Crippen LogP contribution in [0.25, 0.3) is 0 Å². The van der Waals surface area contributed by atoms with Crippen LogP contribution < -0.4 is 0 Å². The molecule has 0 aromatic heterocycles. The standard InChI is InChI=1S/C19H32O4Si2/c1-10-19(17(21)15(20)12-14-24(5,6)7)16(11-13-22-19)23-25(8,9)18(2,3)4/h1,16-17,21H,11,13H2,2-9H3. The van der Waals surface area contributed by atoms with E-state index in [2.05, 4.69) is 51.2 Å². The van der Waals surface area contributed by atoms with Gasteiger partial charge in [0.2, 0.25) is 5.78 Å². The Kier molecular flexibility index (Phi) is 6.54. The summed E-state index contributed by atoms with van der Waals surface area (Å²) >= 11 is 0. The molecule has 140 valence electrons. The lowest BCUT2D eigenvalue weighted by Crippen LogP contribution is -2.57. The van der Waals surface area contributed by atoms with Crippen molar-refractivity contribution >= 4 is 22.2 Å². The molecule has 0 radical (unpaired) electrons. The maximum atomic E-state index is 12.4. The molecular weight excluding hydrogens is 348 g/mol. The molecule has 1 saturated heterocycles. The van der Waals surface area contributed by atoms with Gasteiger partial charge in [-0.3, -0.25) is 4.79 Å². The SMILES string of the molecule is C#CC1(C(O)C(=O)C#C[Si](C)(C)C)OCCC1O[Si](C)(C)C(C)(C)C. The van der Waals surface area contributed by atoms with Gasteiger partial charge in [0.05, 0.1) is 12.7 Å². The van der Waals surface area contributed by atoms with E-state index >= 15 is 0 Å². The Bertz CT molecular complexity index is 611. The Hall–Kier alpha value is -0.896. The zero-order chi connectivity index (χ0) is 19.7. The van der Waals surface area contributed by atoms with Crippen LogP contribution in [0.2, 0.25) is 37.8 Å². The van der Waals surface area contributed by atoms with Crippen molar-refractivity contribution in [2.45, 2.75) is 82.8 Å². The first kappa shape index (κ1) is 22.1. The summed E-state index contributed by atoms with van der Waals surface area (Å²) in [6, 6.07) is 0. The summed E-state index contributed by atoms with van der Waals surface area (Å²) in [4.78, 5) is 12.4. The van der Waals surface area contributed by atoms with Gasteiger partial charge in [0.15, 0.2) is 20.0 Å². The number of carbonyl (C=O) groups excluding carboxylic acids is 1. The van der Waals surface area contributed by atoms with Gasteiger partial charge in [-0.15, -0.1) is 12.0 Å². The van der Waals surface area contributed by atoms with Crippen LogP contribution in [0.3, 0.4) is 0 Å². The van der Waals surface area contributed by atoms with Gasteiger partial charge >= 0.3 is 0 Å². The molecule has 1 aliphatic heterocycles. The zero-order valence-electron chi connectivity index (χ0n) is 16.8. The van der Waals surface area contributed by atoms with Crippen molar-refractivity contribution in [2.75, 3.05) is 6.61 Å². The number of Topliss-reactive ketones (excluding diaryl/α,β-unsaturated/α-hetero) is 1. The van der Waals surface area contributed by atoms with Gasteiger partial charge in [0.1, 0.15) is 8.07 Å². The maximum Gasteiger partial charge on any atom is 0.237 e. The van der Waals surface area contributed by atoms with E-state index in [0.29, 0.717) is 13.0 Å². The summed E-state index contributed by atoms with van der Waals surface area (Å²) in [5.41, 5.74) is 1.52. The van der Waals surface area contributed by atoms with E-state index in [9.17, 15) is 9.90 Å². The second-order valence-electron chi connectivity index (χ2n) is 9.21. The fourth-order valence-electron chi connectivity index (χ4n) is 2.30. The zero-order valence-corrected chi connectivity index (χ0v) is 18.8. The van der Waals surface area contributed by atoms with Crippen molar-refractivity contribution in [1.29, 1.82) is 0 Å². The molecule has 0 amide bonds. The highest BCUT2D eigenvalue weighted by molar-refractivity contribution is 6.84. The molecule has 1 aliphatic rings. The van der Waals surface area contributed by atoms with E-state index in [-0.39, 0.29) is 5.04 Å². The molecule has 1 fully saturated rings. The van der Waals surface area contributed by atoms with Gasteiger partial charge in [0.25, 0.3) is 0 Å². The maximum absolute atomic E-state index is 12.4. The monoisotopic (exact) mass is 380 g/mol. The van der Waals surface area contributed by atoms with E-state index in [1.807, 2.05) is 19.6 Å². The highest BCUT2D eigenvalue weighted by Gasteiger charge is 2.55. The number of hydrogen-bond acceptors (Lipinski definition) is 4. The van der Waals surface area contributed by atoms with E-state index in [1.54, 1.807) is 0 Å². The Labute approximate surface area is 154 Å². The first-order valence-electron chi connectivity index (χ1n) is 8.71. The summed E-state index contributed by atoms with van der Waals surface area (Å²) in [5.74, 6) is 4.51. The van der Waals surface area contributed by atoms with Crippen LogP contribution in [0.4, 0.5) is 0 Å². The van der Waals surface area contributed by atoms with Crippen LogP contribution in [0.15, 0.2) is 0 Å². The highest BCUT2D eigenvalue weighted by atomic mass is 28.4. The fourth-order valence-corrected chi connectivity index (χ4v) is 4.16. The van der Waals surface area contributed by atoms with Gasteiger partial charge in [-0.05, 0) is 30.5 Å². The average molecular weight is 381 g/mol. The smallest absolute Gasteiger partial charge is 0.237 e. The third-order valence-electron chi connectivity index (χ3n) is 4.88. The third kappa shape index (κ3) is 5.06. The molecule has 25 heavy (non-hydrogen) atoms. The van der Waals surface area contributed by atoms with E-state index < -0.39 is 40.0 Å². The molecular formula is C19H32O4Si2. The predicted octanol–water partition coefficient (Wildman–Crippen LogP) is 2.98. The fraction of sp³-hybridized carbons (Fsp3) is 0.737. The largest absolute Gasteiger partial charge is 0.410 e. The minimum Gasteiger partial charge on any atom is -0.410 e. The van der Waals surface area contributed by atoms with E-state index in [4.69, 9.17) is 15.6 Å². The van der Waals surface area contributed by atoms with E-state index in [1.165, 1.54) is 0 Å². The molecule has 1 N–H and O–H groups in total. The summed E-state index contributed by atoms with van der Waals surface area (Å²) < 4.78 is 12.1. The first-order valence-corrected chi connectivity index (χ1v) is 15.1. The molecule has 1 heterocycles. The summed E-state index contributed by atoms with van der Waals surface area (Å²) in [5, 5.41) is 10.7. The van der Waals surface area contributed by atoms with Crippen molar-refractivity contribution in [3.63, 3.8) is 0 Å². The quantitative estimate of drug-likeness (QED) is 0.602. The lowest BCUT2D eigenvalue weighted by Gasteiger charge is -2.42. The molecule has 0 saturated carbocycles. The van der Waals surface area contributed by atoms with Crippen LogP contribution in [0.5, 0.6) is 0 Å². The topological polar surface area (TPSA) is 55.8 Å². The summed E-state index contributed by atoms with van der Waals surface area (Å²) in [7, 11) is -3.86. The van der Waals surface area contributed by atoms with Crippen LogP contribution in [0.1, 0.15) is 27.2 Å². The molecule has 0 aromatic carbocycles. The summed E-state index contributed by atoms with van der Waals surface area (Å²) in [6.45, 7) is 17.1. The minimum atomic E-state index is -2.13. The number of aliphatic hydroxyl groups is 1.